The molecule has 0 bridgehead atoms. The minimum absolute atomic E-state index is 0. The number of hydrogen-bond acceptors (Lipinski definition) is 3. The zero-order valence-corrected chi connectivity index (χ0v) is 15.4. The number of rotatable bonds is 2. The first-order valence-electron chi connectivity index (χ1n) is 8.71. The first-order valence-corrected chi connectivity index (χ1v) is 8.71. The summed E-state index contributed by atoms with van der Waals surface area (Å²) in [5.41, 5.74) is -0.0489. The zero-order valence-electron chi connectivity index (χ0n) is 13.8. The smallest absolute Gasteiger partial charge is 0.397 e. The van der Waals surface area contributed by atoms with Gasteiger partial charge in [-0.15, -0.1) is 0 Å². The Morgan fingerprint density at radius 2 is 1.75 bits per heavy atom. The van der Waals surface area contributed by atoms with Crippen molar-refractivity contribution >= 4 is 5.95 Å². The van der Waals surface area contributed by atoms with Crippen LogP contribution in [-0.2, 0) is 12.3 Å². The van der Waals surface area contributed by atoms with Gasteiger partial charge >= 0.3 is 5.95 Å². The minimum Gasteiger partial charge on any atom is -1.00 e. The highest BCUT2D eigenvalue weighted by atomic mass is 79.9. The second-order valence-corrected chi connectivity index (χ2v) is 6.75. The molecule has 1 fully saturated rings. The summed E-state index contributed by atoms with van der Waals surface area (Å²) < 4.78 is 2.08. The predicted molar refractivity (Wildman–Crippen MR) is 88.7 cm³/mol. The zero-order chi connectivity index (χ0) is 15.7. The van der Waals surface area contributed by atoms with Crippen LogP contribution in [-0.4, -0.2) is 16.1 Å². The third-order valence-corrected chi connectivity index (χ3v) is 5.23. The molecule has 0 saturated heterocycles. The van der Waals surface area contributed by atoms with Crippen molar-refractivity contribution in [3.05, 3.63) is 54.4 Å². The Bertz CT molecular complexity index is 673. The van der Waals surface area contributed by atoms with Gasteiger partial charge in [-0.3, -0.25) is 0 Å². The Kier molecular flexibility index (Phi) is 5.21. The van der Waals surface area contributed by atoms with Crippen LogP contribution >= 0.6 is 0 Å². The van der Waals surface area contributed by atoms with Crippen LogP contribution in [0.2, 0.25) is 0 Å². The van der Waals surface area contributed by atoms with E-state index in [0.29, 0.717) is 12.6 Å². The second kappa shape index (κ2) is 7.19. The number of anilines is 1. The molecule has 2 aromatic rings. The molecule has 24 heavy (non-hydrogen) atoms. The summed E-state index contributed by atoms with van der Waals surface area (Å²) in [4.78, 5) is 6.78. The van der Waals surface area contributed by atoms with Crippen molar-refractivity contribution in [2.24, 2.45) is 0 Å². The number of nitrogens with zero attached hydrogens (tertiary/aromatic N) is 3. The van der Waals surface area contributed by atoms with Crippen LogP contribution in [0, 0.1) is 0 Å². The monoisotopic (exact) mass is 389 g/mol. The number of aliphatic hydroxyl groups is 1. The van der Waals surface area contributed by atoms with Gasteiger partial charge in [0.05, 0.1) is 12.2 Å². The van der Waals surface area contributed by atoms with Crippen molar-refractivity contribution in [1.29, 1.82) is 0 Å². The van der Waals surface area contributed by atoms with Crippen LogP contribution in [0.1, 0.15) is 44.1 Å². The van der Waals surface area contributed by atoms with E-state index < -0.39 is 5.72 Å². The standard InChI is InChI=1S/C19H24N3O.BrH/c23-19(16-9-4-3-5-10-16)15-21-14-8-13-20-18(21)22(19)17-11-6-1-2-7-12-17;/h3-5,8-10,13-14,17,23H,1-2,6-7,11-12,15H2;1H/q+1;/p-1. The van der Waals surface area contributed by atoms with E-state index in [1.807, 2.05) is 48.8 Å². The molecule has 0 radical (unpaired) electrons. The largest absolute Gasteiger partial charge is 1.00 e. The van der Waals surface area contributed by atoms with E-state index in [0.717, 1.165) is 24.4 Å². The molecule has 1 saturated carbocycles. The highest BCUT2D eigenvalue weighted by Crippen LogP contribution is 2.38. The lowest BCUT2D eigenvalue weighted by atomic mass is 9.98. The fourth-order valence-electron chi connectivity index (χ4n) is 4.11. The molecule has 4 nitrogen and oxygen atoms in total. The fourth-order valence-corrected chi connectivity index (χ4v) is 4.11. The van der Waals surface area contributed by atoms with Crippen molar-refractivity contribution in [3.8, 4) is 0 Å². The van der Waals surface area contributed by atoms with E-state index in [2.05, 4.69) is 14.5 Å². The molecular weight excluding hydrogens is 366 g/mol. The number of benzene rings is 1. The quantitative estimate of drug-likeness (QED) is 0.569. The van der Waals surface area contributed by atoms with Gasteiger partial charge in [-0.1, -0.05) is 61.0 Å². The molecule has 2 aliphatic rings. The van der Waals surface area contributed by atoms with E-state index in [1.165, 1.54) is 25.7 Å². The summed E-state index contributed by atoms with van der Waals surface area (Å²) in [7, 11) is 0. The van der Waals surface area contributed by atoms with Crippen LogP contribution < -0.4 is 26.4 Å². The third-order valence-electron chi connectivity index (χ3n) is 5.23. The normalized spacial score (nSPS) is 24.1. The highest BCUT2D eigenvalue weighted by Gasteiger charge is 2.54. The number of hydrogen-bond donors (Lipinski definition) is 1. The van der Waals surface area contributed by atoms with Gasteiger partial charge in [0.1, 0.15) is 12.7 Å². The van der Waals surface area contributed by atoms with Crippen molar-refractivity contribution in [2.45, 2.75) is 56.8 Å². The van der Waals surface area contributed by atoms with E-state index in [9.17, 15) is 5.11 Å². The van der Waals surface area contributed by atoms with E-state index in [1.54, 1.807) is 0 Å². The number of fused-ring (bicyclic) bond motifs is 1. The van der Waals surface area contributed by atoms with Crippen molar-refractivity contribution in [1.82, 2.24) is 4.98 Å². The Morgan fingerprint density at radius 1 is 1.04 bits per heavy atom. The molecule has 1 atom stereocenters. The van der Waals surface area contributed by atoms with Crippen LogP contribution in [0.15, 0.2) is 48.8 Å². The van der Waals surface area contributed by atoms with Crippen LogP contribution in [0.4, 0.5) is 5.95 Å². The average molecular weight is 390 g/mol. The maximum absolute atomic E-state index is 11.7. The molecule has 0 spiro atoms. The molecule has 1 aliphatic heterocycles. The van der Waals surface area contributed by atoms with Gasteiger partial charge in [-0.05, 0) is 12.8 Å². The van der Waals surface area contributed by atoms with Crippen LogP contribution in [0.3, 0.4) is 0 Å². The Hall–Kier alpha value is -1.46. The summed E-state index contributed by atoms with van der Waals surface area (Å²) in [6, 6.07) is 12.3. The van der Waals surface area contributed by atoms with Gasteiger partial charge in [0.25, 0.3) is 0 Å². The van der Waals surface area contributed by atoms with Crippen molar-refractivity contribution in [2.75, 3.05) is 4.90 Å². The maximum atomic E-state index is 11.7. The van der Waals surface area contributed by atoms with Gasteiger partial charge in [0.2, 0.25) is 5.72 Å². The van der Waals surface area contributed by atoms with Crippen LogP contribution in [0.5, 0.6) is 0 Å². The lowest BCUT2D eigenvalue weighted by molar-refractivity contribution is -0.685. The molecule has 128 valence electrons. The Balaban J connectivity index is 0.00000169. The van der Waals surface area contributed by atoms with Crippen LogP contribution in [0.25, 0.3) is 0 Å². The lowest BCUT2D eigenvalue weighted by Crippen LogP contribution is -3.00. The average Bonchev–Trinajstić information content (AvgIpc) is 2.74. The summed E-state index contributed by atoms with van der Waals surface area (Å²) in [5.74, 6) is 0.894. The summed E-state index contributed by atoms with van der Waals surface area (Å²) in [6.07, 6.45) is 11.2. The minimum atomic E-state index is -1.00. The van der Waals surface area contributed by atoms with Crippen molar-refractivity contribution in [3.63, 3.8) is 0 Å². The molecule has 4 rings (SSSR count). The Morgan fingerprint density at radius 3 is 2.46 bits per heavy atom. The first-order chi connectivity index (χ1) is 11.3. The molecule has 1 aliphatic carbocycles. The molecule has 1 N–H and O–H groups in total. The SMILES string of the molecule is OC1(c2ccccc2)C[n+]2cccnc2N1C1CCCCCC1.[Br-]. The van der Waals surface area contributed by atoms with Gasteiger partial charge in [0.15, 0.2) is 0 Å². The summed E-state index contributed by atoms with van der Waals surface area (Å²) >= 11 is 0. The Labute approximate surface area is 153 Å². The summed E-state index contributed by atoms with van der Waals surface area (Å²) in [5, 5.41) is 11.7. The third kappa shape index (κ3) is 2.95. The highest BCUT2D eigenvalue weighted by molar-refractivity contribution is 5.39. The summed E-state index contributed by atoms with van der Waals surface area (Å²) in [6.45, 7) is 0.538. The maximum Gasteiger partial charge on any atom is 0.397 e. The molecule has 0 amide bonds. The molecule has 1 aromatic carbocycles. The molecule has 5 heteroatoms. The number of halogens is 1. The van der Waals surface area contributed by atoms with Gasteiger partial charge in [-0.2, -0.15) is 0 Å². The van der Waals surface area contributed by atoms with Gasteiger partial charge in [0, 0.05) is 11.6 Å². The molecule has 1 aromatic heterocycles. The first kappa shape index (κ1) is 17.4. The topological polar surface area (TPSA) is 40.2 Å². The molecule has 1 unspecified atom stereocenters. The molecule has 2 heterocycles. The van der Waals surface area contributed by atoms with Crippen molar-refractivity contribution < 1.29 is 26.7 Å². The predicted octanol–water partition coefficient (Wildman–Crippen LogP) is -0.239. The number of aromatic nitrogens is 2. The second-order valence-electron chi connectivity index (χ2n) is 6.75. The van der Waals surface area contributed by atoms with E-state index in [-0.39, 0.29) is 17.0 Å². The van der Waals surface area contributed by atoms with Gasteiger partial charge < -0.3 is 22.1 Å². The van der Waals surface area contributed by atoms with Gasteiger partial charge in [-0.25, -0.2) is 9.47 Å². The lowest BCUT2D eigenvalue weighted by Gasteiger charge is -2.34. The fraction of sp³-hybridized carbons (Fsp3) is 0.474. The van der Waals surface area contributed by atoms with E-state index in [4.69, 9.17) is 0 Å². The van der Waals surface area contributed by atoms with E-state index >= 15 is 0 Å². The molecular formula is C19H24BrN3O.